The van der Waals surface area contributed by atoms with Crippen molar-refractivity contribution in [2.75, 3.05) is 54.6 Å². The zero-order chi connectivity index (χ0) is 63.3. The Morgan fingerprint density at radius 3 is 0.956 bits per heavy atom. The molecule has 0 aliphatic carbocycles. The van der Waals surface area contributed by atoms with Gasteiger partial charge in [-0.2, -0.15) is 0 Å². The van der Waals surface area contributed by atoms with Crippen molar-refractivity contribution in [1.82, 2.24) is 24.9 Å². The Morgan fingerprint density at radius 2 is 0.678 bits per heavy atom. The zero-order valence-corrected chi connectivity index (χ0v) is 51.0. The van der Waals surface area contributed by atoms with Gasteiger partial charge in [-0.15, -0.1) is 0 Å². The summed E-state index contributed by atoms with van der Waals surface area (Å²) < 4.78 is 4.68. The van der Waals surface area contributed by atoms with Gasteiger partial charge in [-0.3, -0.25) is 38.4 Å². The van der Waals surface area contributed by atoms with Crippen molar-refractivity contribution in [3.05, 3.63) is 180 Å². The normalized spacial score (nSPS) is 18.1. The number of amides is 9. The minimum absolute atomic E-state index is 0.0387. The summed E-state index contributed by atoms with van der Waals surface area (Å²) in [7, 11) is 1.24. The van der Waals surface area contributed by atoms with Crippen LogP contribution in [0.4, 0.5) is 27.5 Å². The number of anilines is 4. The number of carbonyl (C=O) groups excluding carboxylic acids is 9. The van der Waals surface area contributed by atoms with Gasteiger partial charge in [0.05, 0.1) is 26.4 Å². The van der Waals surface area contributed by atoms with Crippen LogP contribution in [0.5, 0.6) is 0 Å². The summed E-state index contributed by atoms with van der Waals surface area (Å²) in [5.74, 6) is -1.51. The third kappa shape index (κ3) is 15.7. The number of hydrogen-bond donors (Lipinski definition) is 5. The van der Waals surface area contributed by atoms with Gasteiger partial charge in [-0.05, 0) is 144 Å². The number of likely N-dealkylation sites (tertiary alicyclic amines) is 4. The quantitative estimate of drug-likeness (QED) is 0.0579. The Balaban J connectivity index is 0.000000198. The molecule has 0 unspecified atom stereocenters. The summed E-state index contributed by atoms with van der Waals surface area (Å²) in [5.41, 5.74) is 5.31. The highest BCUT2D eigenvalue weighted by Crippen LogP contribution is 2.30. The Bertz CT molecular complexity index is 3650. The fourth-order valence-corrected chi connectivity index (χ4v) is 12.5. The standard InChI is InChI=1S/C36H36N4O4.C35H41N5O6/c41-33(21-25-9-3-1-4-10-25)39-19-7-13-31(39)35(43)37-29-17-15-28-24-30(18-16-27(28)23-29)38-36(44)32-14-8-20-40(32)34(42)22-26-11-5-2-6-12-26;1-22(2)31(38-35(45)46-3)34(44)40-18-8-12-29(40)33(43)37-27-16-14-24-20-26(15-13-25(24)21-27)36-32(42)28-11-7-17-39(28)30(41)19-23-9-5-4-6-10-23/h1-6,9-12,15-18,23-24,31-32H,7-8,13-14,19-22H2,(H,37,43)(H,38,44);4-6,9-10,13-16,20-22,28-29,31H,7-8,11-12,17-19H2,1-3H3,(H,36,42)(H,37,43)(H,38,45)/t31-,32-;28-,29-,31-/m00/s1. The molecule has 19 heteroatoms. The molecule has 4 heterocycles. The first-order valence-electron chi connectivity index (χ1n) is 31.1. The summed E-state index contributed by atoms with van der Waals surface area (Å²) in [6.45, 7) is 5.80. The van der Waals surface area contributed by atoms with Crippen molar-refractivity contribution in [1.29, 1.82) is 0 Å². The van der Waals surface area contributed by atoms with Crippen LogP contribution in [0.2, 0.25) is 0 Å². The lowest BCUT2D eigenvalue weighted by Crippen LogP contribution is -2.54. The molecule has 0 radical (unpaired) electrons. The van der Waals surface area contributed by atoms with E-state index in [1.54, 1.807) is 26.8 Å². The van der Waals surface area contributed by atoms with Gasteiger partial charge in [0.1, 0.15) is 30.2 Å². The van der Waals surface area contributed by atoms with Gasteiger partial charge in [0.2, 0.25) is 47.3 Å². The molecule has 0 bridgehead atoms. The molecule has 90 heavy (non-hydrogen) atoms. The summed E-state index contributed by atoms with van der Waals surface area (Å²) in [4.78, 5) is 124. The molecule has 0 saturated carbocycles. The average molecular weight is 1220 g/mol. The minimum Gasteiger partial charge on any atom is -0.453 e. The maximum atomic E-state index is 13.3. The fourth-order valence-electron chi connectivity index (χ4n) is 12.5. The molecule has 7 aromatic rings. The lowest BCUT2D eigenvalue weighted by molar-refractivity contribution is -0.139. The molecule has 4 fully saturated rings. The number of hydrogen-bond acceptors (Lipinski definition) is 10. The van der Waals surface area contributed by atoms with E-state index in [0.717, 1.165) is 57.5 Å². The number of benzene rings is 7. The zero-order valence-electron chi connectivity index (χ0n) is 51.0. The molecular formula is C71H77N9O10. The van der Waals surface area contributed by atoms with Crippen LogP contribution in [0.1, 0.15) is 81.9 Å². The van der Waals surface area contributed by atoms with E-state index in [-0.39, 0.29) is 72.4 Å². The average Bonchev–Trinajstić information content (AvgIpc) is 2.51. The molecule has 0 spiro atoms. The van der Waals surface area contributed by atoms with E-state index in [1.807, 2.05) is 166 Å². The van der Waals surface area contributed by atoms with Crippen LogP contribution in [-0.4, -0.2) is 136 Å². The molecule has 9 amide bonds. The summed E-state index contributed by atoms with van der Waals surface area (Å²) >= 11 is 0. The first-order valence-corrected chi connectivity index (χ1v) is 31.1. The summed E-state index contributed by atoms with van der Waals surface area (Å²) in [6, 6.07) is 48.0. The van der Waals surface area contributed by atoms with E-state index in [9.17, 15) is 43.2 Å². The van der Waals surface area contributed by atoms with Gasteiger partial charge < -0.3 is 50.9 Å². The second-order valence-electron chi connectivity index (χ2n) is 23.8. The van der Waals surface area contributed by atoms with Gasteiger partial charge in [0, 0.05) is 48.9 Å². The van der Waals surface area contributed by atoms with Crippen LogP contribution in [-0.2, 0) is 62.4 Å². The van der Waals surface area contributed by atoms with E-state index < -0.39 is 36.3 Å². The van der Waals surface area contributed by atoms with Crippen molar-refractivity contribution in [2.45, 2.75) is 115 Å². The number of rotatable bonds is 17. The van der Waals surface area contributed by atoms with E-state index >= 15 is 0 Å². The number of methoxy groups -OCH3 is 1. The summed E-state index contributed by atoms with van der Waals surface area (Å²) in [6.07, 6.45) is 5.60. The highest BCUT2D eigenvalue weighted by molar-refractivity contribution is 6.04. The molecule has 19 nitrogen and oxygen atoms in total. The molecule has 466 valence electrons. The second kappa shape index (κ2) is 29.4. The summed E-state index contributed by atoms with van der Waals surface area (Å²) in [5, 5.41) is 18.1. The number of fused-ring (bicyclic) bond motifs is 2. The number of nitrogens with zero attached hydrogens (tertiary/aromatic N) is 4. The largest absolute Gasteiger partial charge is 0.453 e. The smallest absolute Gasteiger partial charge is 0.407 e. The van der Waals surface area contributed by atoms with Crippen LogP contribution in [0.15, 0.2) is 164 Å². The van der Waals surface area contributed by atoms with Crippen LogP contribution in [0.25, 0.3) is 21.5 Å². The van der Waals surface area contributed by atoms with Crippen LogP contribution < -0.4 is 26.6 Å². The van der Waals surface area contributed by atoms with Crippen LogP contribution >= 0.6 is 0 Å². The van der Waals surface area contributed by atoms with Crippen molar-refractivity contribution >= 4 is 97.6 Å². The van der Waals surface area contributed by atoms with Gasteiger partial charge in [-0.1, -0.05) is 129 Å². The van der Waals surface area contributed by atoms with Crippen molar-refractivity contribution in [2.24, 2.45) is 5.92 Å². The number of nitrogens with one attached hydrogen (secondary N) is 5. The second-order valence-corrected chi connectivity index (χ2v) is 23.8. The molecule has 5 N–H and O–H groups in total. The number of alkyl carbamates (subject to hydrolysis) is 1. The minimum atomic E-state index is -0.803. The van der Waals surface area contributed by atoms with E-state index in [1.165, 1.54) is 12.0 Å². The molecule has 0 aromatic heterocycles. The molecule has 4 aliphatic heterocycles. The van der Waals surface area contributed by atoms with E-state index in [4.69, 9.17) is 0 Å². The predicted octanol–water partition coefficient (Wildman–Crippen LogP) is 9.51. The monoisotopic (exact) mass is 1220 g/mol. The van der Waals surface area contributed by atoms with Gasteiger partial charge in [0.15, 0.2) is 0 Å². The fraction of sp³-hybridized carbons (Fsp3) is 0.338. The number of ether oxygens (including phenoxy) is 1. The van der Waals surface area contributed by atoms with E-state index in [0.29, 0.717) is 81.0 Å². The lowest BCUT2D eigenvalue weighted by Gasteiger charge is -2.30. The SMILES string of the molecule is COC(=O)N[C@H](C(=O)N1CCC[C@H]1C(=O)Nc1ccc2cc(NC(=O)[C@@H]3CCCN3C(=O)Cc3ccccc3)ccc2c1)C(C)C.O=C(Nc1ccc2cc(NC(=O)[C@@H]3CCCN3C(=O)Cc3ccccc3)ccc2c1)[C@@H]1CCCN1C(=O)Cc1ccccc1. The van der Waals surface area contributed by atoms with Crippen molar-refractivity contribution < 1.29 is 47.9 Å². The van der Waals surface area contributed by atoms with Crippen LogP contribution in [0.3, 0.4) is 0 Å². The molecule has 5 atom stereocenters. The van der Waals surface area contributed by atoms with Crippen molar-refractivity contribution in [3.63, 3.8) is 0 Å². The van der Waals surface area contributed by atoms with Crippen LogP contribution in [0, 0.1) is 5.92 Å². The first kappa shape index (κ1) is 63.1. The Kier molecular flexibility index (Phi) is 20.6. The predicted molar refractivity (Wildman–Crippen MR) is 346 cm³/mol. The molecule has 11 rings (SSSR count). The highest BCUT2D eigenvalue weighted by Gasteiger charge is 2.40. The Morgan fingerprint density at radius 1 is 0.400 bits per heavy atom. The topological polar surface area (TPSA) is 236 Å². The van der Waals surface area contributed by atoms with Crippen molar-refractivity contribution in [3.8, 4) is 0 Å². The van der Waals surface area contributed by atoms with E-state index in [2.05, 4.69) is 31.3 Å². The van der Waals surface area contributed by atoms with Gasteiger partial charge in [-0.25, -0.2) is 4.79 Å². The molecule has 4 aliphatic rings. The Hall–Kier alpha value is -9.91. The van der Waals surface area contributed by atoms with Gasteiger partial charge in [0.25, 0.3) is 0 Å². The maximum absolute atomic E-state index is 13.3. The lowest BCUT2D eigenvalue weighted by atomic mass is 10.0. The third-order valence-corrected chi connectivity index (χ3v) is 17.2. The third-order valence-electron chi connectivity index (χ3n) is 17.2. The maximum Gasteiger partial charge on any atom is 0.407 e. The first-order chi connectivity index (χ1) is 43.6. The Labute approximate surface area is 523 Å². The molecular weight excluding hydrogens is 1140 g/mol. The highest BCUT2D eigenvalue weighted by atomic mass is 16.5. The molecule has 7 aromatic carbocycles. The molecule has 4 saturated heterocycles. The number of carbonyl (C=O) groups is 9. The van der Waals surface area contributed by atoms with Gasteiger partial charge >= 0.3 is 6.09 Å².